The van der Waals surface area contributed by atoms with Crippen molar-refractivity contribution >= 4 is 43.4 Å². The van der Waals surface area contributed by atoms with Gasteiger partial charge in [0.15, 0.2) is 0 Å². The Balaban J connectivity index is 2.47. The van der Waals surface area contributed by atoms with Crippen LogP contribution in [-0.4, -0.2) is 9.36 Å². The highest BCUT2D eigenvalue weighted by Crippen LogP contribution is 2.27. The monoisotopic (exact) mass is 336 g/mol. The predicted molar refractivity (Wildman–Crippen MR) is 60.7 cm³/mol. The zero-order valence-electron chi connectivity index (χ0n) is 6.67. The molecule has 2 nitrogen and oxygen atoms in total. The largest absolute Gasteiger partial charge is 0.209 e. The molecule has 2 rings (SSSR count). The van der Waals surface area contributed by atoms with Crippen molar-refractivity contribution in [1.82, 2.24) is 9.36 Å². The molecule has 0 spiro atoms. The van der Waals surface area contributed by atoms with Crippen molar-refractivity contribution in [1.29, 1.82) is 0 Å². The lowest BCUT2D eigenvalue weighted by Crippen LogP contribution is -1.80. The average Bonchev–Trinajstić information content (AvgIpc) is 2.57. The first-order chi connectivity index (χ1) is 6.66. The van der Waals surface area contributed by atoms with Crippen LogP contribution in [-0.2, 0) is 0 Å². The maximum atomic E-state index is 12.9. The average molecular weight is 338 g/mol. The van der Waals surface area contributed by atoms with E-state index in [1.54, 1.807) is 12.1 Å². The van der Waals surface area contributed by atoms with E-state index in [2.05, 4.69) is 41.2 Å². The first-order valence-corrected chi connectivity index (χ1v) is 5.97. The van der Waals surface area contributed by atoms with E-state index in [0.29, 0.717) is 9.21 Å². The summed E-state index contributed by atoms with van der Waals surface area (Å²) < 4.78 is 17.9. The lowest BCUT2D eigenvalue weighted by atomic mass is 10.2. The van der Waals surface area contributed by atoms with E-state index < -0.39 is 0 Å². The molecule has 0 radical (unpaired) electrons. The van der Waals surface area contributed by atoms with Gasteiger partial charge in [-0.05, 0) is 61.6 Å². The standard InChI is InChI=1S/C8H3Br2FN2S/c9-5-3-4(1-2-6(5)11)7-12-8(10)13-14-7/h1-3H. The van der Waals surface area contributed by atoms with Crippen LogP contribution in [0.2, 0.25) is 0 Å². The summed E-state index contributed by atoms with van der Waals surface area (Å²) in [6.07, 6.45) is 0. The lowest BCUT2D eigenvalue weighted by molar-refractivity contribution is 0.621. The van der Waals surface area contributed by atoms with E-state index >= 15 is 0 Å². The van der Waals surface area contributed by atoms with E-state index in [1.807, 2.05) is 0 Å². The lowest BCUT2D eigenvalue weighted by Gasteiger charge is -1.97. The summed E-state index contributed by atoms with van der Waals surface area (Å²) in [6, 6.07) is 4.75. The quantitative estimate of drug-likeness (QED) is 0.789. The second-order valence-corrected chi connectivity index (χ2v) is 4.81. The smallest absolute Gasteiger partial charge is 0.209 e. The molecule has 0 unspecified atom stereocenters. The number of nitrogens with zero attached hydrogens (tertiary/aromatic N) is 2. The molecular weight excluding hydrogens is 335 g/mol. The van der Waals surface area contributed by atoms with Gasteiger partial charge in [-0.1, -0.05) is 0 Å². The molecule has 0 saturated carbocycles. The third kappa shape index (κ3) is 2.02. The van der Waals surface area contributed by atoms with Gasteiger partial charge < -0.3 is 0 Å². The molecule has 0 fully saturated rings. The minimum absolute atomic E-state index is 0.280. The highest BCUT2D eigenvalue weighted by Gasteiger charge is 2.06. The summed E-state index contributed by atoms with van der Waals surface area (Å²) in [4.78, 5) is 4.13. The molecular formula is C8H3Br2FN2S. The first kappa shape index (κ1) is 10.2. The normalized spacial score (nSPS) is 10.5. The van der Waals surface area contributed by atoms with Gasteiger partial charge in [0, 0.05) is 5.56 Å². The van der Waals surface area contributed by atoms with Crippen molar-refractivity contribution < 1.29 is 4.39 Å². The third-order valence-electron chi connectivity index (χ3n) is 1.57. The molecule has 0 N–H and O–H groups in total. The maximum absolute atomic E-state index is 12.9. The van der Waals surface area contributed by atoms with Gasteiger partial charge in [-0.2, -0.15) is 4.37 Å². The van der Waals surface area contributed by atoms with E-state index in [0.717, 1.165) is 10.6 Å². The molecule has 1 aromatic carbocycles. The zero-order valence-corrected chi connectivity index (χ0v) is 10.7. The van der Waals surface area contributed by atoms with E-state index in [-0.39, 0.29) is 5.82 Å². The van der Waals surface area contributed by atoms with Gasteiger partial charge in [0.2, 0.25) is 4.73 Å². The van der Waals surface area contributed by atoms with Crippen molar-refractivity contribution in [3.8, 4) is 10.6 Å². The Hall–Kier alpha value is -0.330. The van der Waals surface area contributed by atoms with Crippen molar-refractivity contribution in [3.63, 3.8) is 0 Å². The molecule has 0 aliphatic heterocycles. The molecule has 72 valence electrons. The van der Waals surface area contributed by atoms with Crippen molar-refractivity contribution in [3.05, 3.63) is 33.2 Å². The Kier molecular flexibility index (Phi) is 2.94. The number of halogens is 3. The van der Waals surface area contributed by atoms with Gasteiger partial charge in [-0.25, -0.2) is 9.37 Å². The number of hydrogen-bond acceptors (Lipinski definition) is 3. The van der Waals surface area contributed by atoms with Crippen LogP contribution in [0.4, 0.5) is 4.39 Å². The summed E-state index contributed by atoms with van der Waals surface area (Å²) in [6.45, 7) is 0. The predicted octanol–water partition coefficient (Wildman–Crippen LogP) is 3.87. The molecule has 1 aromatic heterocycles. The van der Waals surface area contributed by atoms with Gasteiger partial charge in [-0.15, -0.1) is 0 Å². The van der Waals surface area contributed by atoms with Crippen LogP contribution in [0.3, 0.4) is 0 Å². The Morgan fingerprint density at radius 2 is 2.07 bits per heavy atom. The molecule has 14 heavy (non-hydrogen) atoms. The van der Waals surface area contributed by atoms with Crippen molar-refractivity contribution in [2.75, 3.05) is 0 Å². The van der Waals surface area contributed by atoms with Crippen LogP contribution >= 0.6 is 43.4 Å². The summed E-state index contributed by atoms with van der Waals surface area (Å²) >= 11 is 7.55. The maximum Gasteiger partial charge on any atom is 0.209 e. The number of hydrogen-bond donors (Lipinski definition) is 0. The van der Waals surface area contributed by atoms with Crippen LogP contribution < -0.4 is 0 Å². The van der Waals surface area contributed by atoms with Gasteiger partial charge >= 0.3 is 0 Å². The summed E-state index contributed by atoms with van der Waals surface area (Å²) in [5.41, 5.74) is 0.849. The second kappa shape index (κ2) is 4.04. The minimum Gasteiger partial charge on any atom is -0.209 e. The van der Waals surface area contributed by atoms with Crippen LogP contribution in [0.25, 0.3) is 10.6 Å². The van der Waals surface area contributed by atoms with Gasteiger partial charge in [0.25, 0.3) is 0 Å². The Morgan fingerprint density at radius 1 is 1.29 bits per heavy atom. The summed E-state index contributed by atoms with van der Waals surface area (Å²) in [7, 11) is 0. The topological polar surface area (TPSA) is 25.8 Å². The van der Waals surface area contributed by atoms with Crippen LogP contribution in [0.1, 0.15) is 0 Å². The Morgan fingerprint density at radius 3 is 2.64 bits per heavy atom. The van der Waals surface area contributed by atoms with Crippen LogP contribution in [0.5, 0.6) is 0 Å². The van der Waals surface area contributed by atoms with Crippen molar-refractivity contribution in [2.24, 2.45) is 0 Å². The van der Waals surface area contributed by atoms with E-state index in [1.165, 1.54) is 17.6 Å². The molecule has 2 aromatic rings. The Bertz CT molecular complexity index is 472. The van der Waals surface area contributed by atoms with Gasteiger partial charge in [0.05, 0.1) is 4.47 Å². The minimum atomic E-state index is -0.280. The molecule has 0 aliphatic rings. The Labute approximate surface area is 101 Å². The fraction of sp³-hybridized carbons (Fsp3) is 0. The molecule has 0 saturated heterocycles. The van der Waals surface area contributed by atoms with Gasteiger partial charge in [-0.3, -0.25) is 0 Å². The van der Waals surface area contributed by atoms with Crippen molar-refractivity contribution in [2.45, 2.75) is 0 Å². The summed E-state index contributed by atoms with van der Waals surface area (Å²) in [5.74, 6) is -0.280. The molecule has 0 atom stereocenters. The second-order valence-electron chi connectivity index (χ2n) is 2.50. The molecule has 0 amide bonds. The number of rotatable bonds is 1. The number of aromatic nitrogens is 2. The van der Waals surface area contributed by atoms with Gasteiger partial charge in [0.1, 0.15) is 10.8 Å². The van der Waals surface area contributed by atoms with E-state index in [4.69, 9.17) is 0 Å². The molecule has 0 aliphatic carbocycles. The summed E-state index contributed by atoms with van der Waals surface area (Å²) in [5, 5.41) is 0.762. The third-order valence-corrected chi connectivity index (χ3v) is 3.53. The highest BCUT2D eigenvalue weighted by molar-refractivity contribution is 9.10. The first-order valence-electron chi connectivity index (χ1n) is 3.61. The van der Waals surface area contributed by atoms with Crippen LogP contribution in [0, 0.1) is 5.82 Å². The molecule has 0 bridgehead atoms. The highest BCUT2D eigenvalue weighted by atomic mass is 79.9. The van der Waals surface area contributed by atoms with Crippen LogP contribution in [0.15, 0.2) is 27.4 Å². The van der Waals surface area contributed by atoms with E-state index in [9.17, 15) is 4.39 Å². The fourth-order valence-corrected chi connectivity index (χ4v) is 2.40. The zero-order chi connectivity index (χ0) is 10.1. The number of benzene rings is 1. The molecule has 1 heterocycles. The fourth-order valence-electron chi connectivity index (χ4n) is 0.952. The molecule has 6 heteroatoms. The SMILES string of the molecule is Fc1ccc(-c2nc(Br)ns2)cc1Br.